The molecular weight excluding hydrogens is 511 g/mol. The summed E-state index contributed by atoms with van der Waals surface area (Å²) in [6, 6.07) is 12.0. The standard InChI is InChI=1S/C27H23FN4O3S2/c1-2-4-18-14-19(9-10-22(18)28)25-21(12-17-5-3-6-20(11-17)37(29)35)24(13-16-7-8-16)32(31-25)27-30-23(15-36-27)26(33)34/h3,5-6,9-11,14-16H,7-8,12-13,29H2,1H3,(H,33,34). The van der Waals surface area contributed by atoms with Crippen molar-refractivity contribution in [1.29, 1.82) is 0 Å². The first-order chi connectivity index (χ1) is 17.8. The zero-order chi connectivity index (χ0) is 26.1. The quantitative estimate of drug-likeness (QED) is 0.318. The van der Waals surface area contributed by atoms with Crippen molar-refractivity contribution in [3.63, 3.8) is 0 Å². The normalized spacial score (nSPS) is 13.7. The molecule has 188 valence electrons. The van der Waals surface area contributed by atoms with Crippen LogP contribution in [0, 0.1) is 23.6 Å². The van der Waals surface area contributed by atoms with Crippen molar-refractivity contribution < 1.29 is 18.5 Å². The number of thiazole rings is 1. The molecule has 5 rings (SSSR count). The molecule has 0 amide bonds. The highest BCUT2D eigenvalue weighted by Gasteiger charge is 2.29. The van der Waals surface area contributed by atoms with Crippen LogP contribution in [-0.4, -0.2) is 30.0 Å². The monoisotopic (exact) mass is 534 g/mol. The molecule has 1 aliphatic carbocycles. The Labute approximate surface area is 219 Å². The maximum atomic E-state index is 14.4. The molecule has 2 heterocycles. The van der Waals surface area contributed by atoms with E-state index < -0.39 is 22.8 Å². The predicted molar refractivity (Wildman–Crippen MR) is 140 cm³/mol. The smallest absolute Gasteiger partial charge is 0.355 e. The minimum Gasteiger partial charge on any atom is -0.476 e. The lowest BCUT2D eigenvalue weighted by atomic mass is 9.96. The van der Waals surface area contributed by atoms with Gasteiger partial charge in [0, 0.05) is 22.9 Å². The van der Waals surface area contributed by atoms with E-state index in [-0.39, 0.29) is 11.3 Å². The van der Waals surface area contributed by atoms with E-state index >= 15 is 0 Å². The number of carboxylic acid groups (broad SMARTS) is 1. The SMILES string of the molecule is CC#Cc1cc(-c2nn(-c3nc(C(=O)O)cs3)c(CC3CC3)c2Cc2cccc(S(N)=O)c2)ccc1F. The molecule has 7 nitrogen and oxygen atoms in total. The molecule has 1 saturated carbocycles. The zero-order valence-corrected chi connectivity index (χ0v) is 21.5. The molecule has 37 heavy (non-hydrogen) atoms. The lowest BCUT2D eigenvalue weighted by Gasteiger charge is -2.10. The molecule has 0 saturated heterocycles. The summed E-state index contributed by atoms with van der Waals surface area (Å²) in [4.78, 5) is 16.3. The summed E-state index contributed by atoms with van der Waals surface area (Å²) < 4.78 is 28.0. The van der Waals surface area contributed by atoms with Crippen LogP contribution in [0.25, 0.3) is 16.4 Å². The molecule has 0 radical (unpaired) electrons. The van der Waals surface area contributed by atoms with Crippen LogP contribution in [0.2, 0.25) is 0 Å². The summed E-state index contributed by atoms with van der Waals surface area (Å²) in [5, 5.41) is 21.9. The van der Waals surface area contributed by atoms with E-state index in [0.717, 1.165) is 36.1 Å². The minimum atomic E-state index is -1.62. The summed E-state index contributed by atoms with van der Waals surface area (Å²) in [5.41, 5.74) is 4.30. The fraction of sp³-hybridized carbons (Fsp3) is 0.222. The highest BCUT2D eigenvalue weighted by atomic mass is 32.2. The third-order valence-electron chi connectivity index (χ3n) is 6.17. The van der Waals surface area contributed by atoms with Crippen molar-refractivity contribution in [2.24, 2.45) is 11.1 Å². The molecule has 3 N–H and O–H groups in total. The summed E-state index contributed by atoms with van der Waals surface area (Å²) in [6.45, 7) is 1.65. The van der Waals surface area contributed by atoms with E-state index in [1.54, 1.807) is 29.8 Å². The number of aromatic carboxylic acids is 1. The number of hydrogen-bond donors (Lipinski definition) is 2. The van der Waals surface area contributed by atoms with E-state index in [1.165, 1.54) is 22.8 Å². The lowest BCUT2D eigenvalue weighted by Crippen LogP contribution is -2.07. The van der Waals surface area contributed by atoms with Gasteiger partial charge in [0.25, 0.3) is 0 Å². The highest BCUT2D eigenvalue weighted by Crippen LogP contribution is 2.38. The van der Waals surface area contributed by atoms with Crippen LogP contribution < -0.4 is 5.14 Å². The van der Waals surface area contributed by atoms with Crippen molar-refractivity contribution in [2.75, 3.05) is 0 Å². The van der Waals surface area contributed by atoms with Gasteiger partial charge in [-0.15, -0.1) is 17.3 Å². The van der Waals surface area contributed by atoms with E-state index in [4.69, 9.17) is 10.2 Å². The molecule has 1 unspecified atom stereocenters. The van der Waals surface area contributed by atoms with Gasteiger partial charge in [-0.05, 0) is 68.0 Å². The van der Waals surface area contributed by atoms with Crippen LogP contribution in [0.3, 0.4) is 0 Å². The largest absolute Gasteiger partial charge is 0.476 e. The van der Waals surface area contributed by atoms with Gasteiger partial charge < -0.3 is 5.11 Å². The Morgan fingerprint density at radius 3 is 2.78 bits per heavy atom. The second kappa shape index (κ2) is 10.4. The van der Waals surface area contributed by atoms with Crippen LogP contribution in [0.15, 0.2) is 52.7 Å². The van der Waals surface area contributed by atoms with Gasteiger partial charge in [-0.3, -0.25) is 0 Å². The van der Waals surface area contributed by atoms with Crippen LogP contribution in [0.1, 0.15) is 52.6 Å². The number of carbonyl (C=O) groups is 1. The Kier molecular flexibility index (Phi) is 7.02. The first kappa shape index (κ1) is 25.0. The second-order valence-corrected chi connectivity index (χ2v) is 10.7. The van der Waals surface area contributed by atoms with Gasteiger partial charge >= 0.3 is 5.97 Å². The number of hydrogen-bond acceptors (Lipinski definition) is 5. The third-order valence-corrected chi connectivity index (χ3v) is 7.71. The van der Waals surface area contributed by atoms with Gasteiger partial charge in [-0.2, -0.15) is 5.10 Å². The van der Waals surface area contributed by atoms with Gasteiger partial charge in [0.2, 0.25) is 5.13 Å². The molecule has 1 aliphatic rings. The van der Waals surface area contributed by atoms with Crippen LogP contribution in [0.4, 0.5) is 4.39 Å². The highest BCUT2D eigenvalue weighted by molar-refractivity contribution is 7.82. The minimum absolute atomic E-state index is 0.0450. The third kappa shape index (κ3) is 5.39. The van der Waals surface area contributed by atoms with E-state index in [1.807, 2.05) is 18.2 Å². The molecular formula is C27H23FN4O3S2. The molecule has 2 aromatic heterocycles. The maximum absolute atomic E-state index is 14.4. The Balaban J connectivity index is 1.71. The average Bonchev–Trinajstić information content (AvgIpc) is 3.43. The van der Waals surface area contributed by atoms with Crippen LogP contribution in [0.5, 0.6) is 0 Å². The maximum Gasteiger partial charge on any atom is 0.355 e. The van der Waals surface area contributed by atoms with Crippen molar-refractivity contribution in [1.82, 2.24) is 14.8 Å². The Morgan fingerprint density at radius 2 is 2.11 bits per heavy atom. The molecule has 0 aliphatic heterocycles. The number of nitrogens with two attached hydrogens (primary N) is 1. The molecule has 4 aromatic rings. The average molecular weight is 535 g/mol. The molecule has 0 spiro atoms. The topological polar surface area (TPSA) is 111 Å². The van der Waals surface area contributed by atoms with E-state index in [0.29, 0.717) is 33.6 Å². The van der Waals surface area contributed by atoms with E-state index in [2.05, 4.69) is 16.8 Å². The fourth-order valence-corrected chi connectivity index (χ4v) is 5.47. The summed E-state index contributed by atoms with van der Waals surface area (Å²) in [5.74, 6) is 4.53. The lowest BCUT2D eigenvalue weighted by molar-refractivity contribution is 0.0691. The Bertz CT molecular complexity index is 1590. The summed E-state index contributed by atoms with van der Waals surface area (Å²) >= 11 is 1.21. The molecule has 0 bridgehead atoms. The van der Waals surface area contributed by atoms with Gasteiger partial charge in [0.1, 0.15) is 16.8 Å². The Morgan fingerprint density at radius 1 is 1.30 bits per heavy atom. The summed E-state index contributed by atoms with van der Waals surface area (Å²) in [7, 11) is -1.62. The second-order valence-electron chi connectivity index (χ2n) is 8.84. The number of nitrogens with zero attached hydrogens (tertiary/aromatic N) is 3. The molecule has 1 fully saturated rings. The van der Waals surface area contributed by atoms with Gasteiger partial charge in [0.15, 0.2) is 5.69 Å². The van der Waals surface area contributed by atoms with Crippen molar-refractivity contribution in [3.8, 4) is 28.2 Å². The number of halogens is 1. The Hall–Kier alpha value is -3.65. The van der Waals surface area contributed by atoms with Crippen molar-refractivity contribution >= 4 is 28.3 Å². The zero-order valence-electron chi connectivity index (χ0n) is 19.9. The number of benzene rings is 2. The number of aromatic nitrogens is 3. The van der Waals surface area contributed by atoms with Gasteiger partial charge in [-0.1, -0.05) is 18.1 Å². The number of rotatable bonds is 8. The summed E-state index contributed by atoms with van der Waals surface area (Å²) in [6.07, 6.45) is 3.42. The first-order valence-electron chi connectivity index (χ1n) is 11.6. The first-order valence-corrected chi connectivity index (χ1v) is 13.7. The molecule has 1 atom stereocenters. The van der Waals surface area contributed by atoms with Crippen LogP contribution in [-0.2, 0) is 23.8 Å². The van der Waals surface area contributed by atoms with Crippen LogP contribution >= 0.6 is 11.3 Å². The molecule has 2 aromatic carbocycles. The number of carboxylic acids is 1. The van der Waals surface area contributed by atoms with Crippen molar-refractivity contribution in [2.45, 2.75) is 37.5 Å². The van der Waals surface area contributed by atoms with Gasteiger partial charge in [-0.25, -0.2) is 28.2 Å². The molecule has 10 heteroatoms. The fourth-order valence-electron chi connectivity index (χ4n) is 4.21. The van der Waals surface area contributed by atoms with E-state index in [9.17, 15) is 18.5 Å². The van der Waals surface area contributed by atoms with Crippen molar-refractivity contribution in [3.05, 3.63) is 81.7 Å². The van der Waals surface area contributed by atoms with Gasteiger partial charge in [0.05, 0.1) is 21.8 Å². The predicted octanol–water partition coefficient (Wildman–Crippen LogP) is 4.73.